The molecule has 11 heavy (non-hydrogen) atoms. The number of hydrogen-bond acceptors (Lipinski definition) is 2. The molecule has 0 atom stereocenters. The van der Waals surface area contributed by atoms with Crippen molar-refractivity contribution >= 4 is 21.6 Å². The van der Waals surface area contributed by atoms with Gasteiger partial charge in [-0.05, 0) is 24.6 Å². The molecule has 0 saturated heterocycles. The summed E-state index contributed by atoms with van der Waals surface area (Å²) in [6, 6.07) is 5.89. The first-order valence-corrected chi connectivity index (χ1v) is 4.14. The van der Waals surface area contributed by atoms with E-state index < -0.39 is 0 Å². The molecule has 0 aliphatic heterocycles. The molecule has 2 N–H and O–H groups in total. The number of aliphatic hydroxyl groups excluding tert-OH is 1. The predicted octanol–water partition coefficient (Wildman–Crippen LogP) is 2.12. The summed E-state index contributed by atoms with van der Waals surface area (Å²) >= 11 is 3.34. The van der Waals surface area contributed by atoms with Crippen LogP contribution in [0.2, 0.25) is 0 Å². The van der Waals surface area contributed by atoms with Gasteiger partial charge in [-0.25, -0.2) is 0 Å². The Morgan fingerprint density at radius 1 is 1.55 bits per heavy atom. The fraction of sp³-hybridized carbons (Fsp3) is 0.250. The molecule has 1 aromatic carbocycles. The van der Waals surface area contributed by atoms with Crippen LogP contribution in [0, 0.1) is 6.92 Å². The molecule has 2 nitrogen and oxygen atoms in total. The van der Waals surface area contributed by atoms with Crippen molar-refractivity contribution in [2.24, 2.45) is 0 Å². The Morgan fingerprint density at radius 2 is 2.27 bits per heavy atom. The Bertz CT molecular complexity index is 250. The van der Waals surface area contributed by atoms with E-state index in [1.54, 1.807) is 0 Å². The number of halogens is 1. The van der Waals surface area contributed by atoms with E-state index in [0.29, 0.717) is 0 Å². The maximum atomic E-state index is 8.61. The average Bonchev–Trinajstić information content (AvgIpc) is 1.98. The molecule has 0 spiro atoms. The summed E-state index contributed by atoms with van der Waals surface area (Å²) in [5.74, 6) is 0. The van der Waals surface area contributed by atoms with Gasteiger partial charge in [0.1, 0.15) is 6.73 Å². The van der Waals surface area contributed by atoms with Crippen LogP contribution in [0.25, 0.3) is 0 Å². The number of rotatable bonds is 2. The molecule has 0 aliphatic rings. The first-order valence-electron chi connectivity index (χ1n) is 3.35. The maximum absolute atomic E-state index is 8.61. The van der Waals surface area contributed by atoms with Crippen molar-refractivity contribution in [2.75, 3.05) is 12.0 Å². The van der Waals surface area contributed by atoms with Crippen LogP contribution in [-0.4, -0.2) is 11.8 Å². The molecule has 0 unspecified atom stereocenters. The molecule has 0 fully saturated rings. The molecule has 0 radical (unpaired) electrons. The summed E-state index contributed by atoms with van der Waals surface area (Å²) in [5.41, 5.74) is 2.09. The minimum absolute atomic E-state index is 0.0305. The zero-order valence-electron chi connectivity index (χ0n) is 6.26. The molecule has 1 aromatic rings. The topological polar surface area (TPSA) is 32.3 Å². The van der Waals surface area contributed by atoms with Crippen molar-refractivity contribution in [3.05, 3.63) is 28.2 Å². The fourth-order valence-electron chi connectivity index (χ4n) is 0.870. The second-order valence-electron chi connectivity index (χ2n) is 2.29. The second-order valence-corrected chi connectivity index (χ2v) is 3.21. The van der Waals surface area contributed by atoms with Gasteiger partial charge in [-0.3, -0.25) is 0 Å². The van der Waals surface area contributed by atoms with Gasteiger partial charge in [0.25, 0.3) is 0 Å². The smallest absolute Gasteiger partial charge is 0.113 e. The molecule has 0 saturated carbocycles. The Balaban J connectivity index is 2.93. The zero-order valence-corrected chi connectivity index (χ0v) is 7.85. The molecule has 0 bridgehead atoms. The van der Waals surface area contributed by atoms with Crippen LogP contribution in [0.3, 0.4) is 0 Å². The number of anilines is 1. The van der Waals surface area contributed by atoms with Crippen LogP contribution in [-0.2, 0) is 0 Å². The average molecular weight is 216 g/mol. The molecule has 0 aromatic heterocycles. The predicted molar refractivity (Wildman–Crippen MR) is 49.6 cm³/mol. The van der Waals surface area contributed by atoms with Crippen molar-refractivity contribution < 1.29 is 5.11 Å². The molecule has 0 amide bonds. The van der Waals surface area contributed by atoms with E-state index in [-0.39, 0.29) is 6.73 Å². The van der Waals surface area contributed by atoms with Gasteiger partial charge in [-0.2, -0.15) is 0 Å². The molecule has 60 valence electrons. The third kappa shape index (κ3) is 2.20. The number of nitrogens with one attached hydrogen (secondary N) is 1. The molecule has 1 rings (SSSR count). The first kappa shape index (κ1) is 8.56. The van der Waals surface area contributed by atoms with Crippen LogP contribution < -0.4 is 5.32 Å². The Hall–Kier alpha value is -0.540. The largest absolute Gasteiger partial charge is 0.377 e. The quantitative estimate of drug-likeness (QED) is 0.742. The minimum Gasteiger partial charge on any atom is -0.377 e. The van der Waals surface area contributed by atoms with E-state index in [1.807, 2.05) is 25.1 Å². The lowest BCUT2D eigenvalue weighted by molar-refractivity contribution is 0.325. The lowest BCUT2D eigenvalue weighted by atomic mass is 10.2. The summed E-state index contributed by atoms with van der Waals surface area (Å²) in [5, 5.41) is 11.5. The standard InChI is InChI=1S/C8H10BrNO/c1-6-2-3-7(9)4-8(6)10-5-11/h2-4,10-11H,5H2,1H3. The van der Waals surface area contributed by atoms with Crippen LogP contribution in [0.15, 0.2) is 22.7 Å². The normalized spacial score (nSPS) is 9.73. The van der Waals surface area contributed by atoms with Gasteiger partial charge in [-0.1, -0.05) is 22.0 Å². The van der Waals surface area contributed by atoms with Crippen LogP contribution in [0.5, 0.6) is 0 Å². The molecular weight excluding hydrogens is 206 g/mol. The lowest BCUT2D eigenvalue weighted by Crippen LogP contribution is -2.00. The van der Waals surface area contributed by atoms with Gasteiger partial charge in [0, 0.05) is 10.2 Å². The Labute approximate surface area is 74.4 Å². The highest BCUT2D eigenvalue weighted by Gasteiger charge is 1.95. The van der Waals surface area contributed by atoms with Crippen molar-refractivity contribution in [1.29, 1.82) is 0 Å². The molecule has 0 aliphatic carbocycles. The summed E-state index contributed by atoms with van der Waals surface area (Å²) in [4.78, 5) is 0. The monoisotopic (exact) mass is 215 g/mol. The summed E-state index contributed by atoms with van der Waals surface area (Å²) < 4.78 is 1.01. The van der Waals surface area contributed by atoms with Gasteiger partial charge in [0.05, 0.1) is 0 Å². The van der Waals surface area contributed by atoms with Crippen molar-refractivity contribution in [3.8, 4) is 0 Å². The van der Waals surface area contributed by atoms with Crippen LogP contribution >= 0.6 is 15.9 Å². The van der Waals surface area contributed by atoms with Crippen LogP contribution in [0.4, 0.5) is 5.69 Å². The third-order valence-corrected chi connectivity index (χ3v) is 1.96. The van der Waals surface area contributed by atoms with Gasteiger partial charge in [0.15, 0.2) is 0 Å². The summed E-state index contributed by atoms with van der Waals surface area (Å²) in [6.45, 7) is 1.96. The third-order valence-electron chi connectivity index (χ3n) is 1.47. The zero-order chi connectivity index (χ0) is 8.27. The summed E-state index contributed by atoms with van der Waals surface area (Å²) in [7, 11) is 0. The second kappa shape index (κ2) is 3.74. The van der Waals surface area contributed by atoms with Gasteiger partial charge >= 0.3 is 0 Å². The van der Waals surface area contributed by atoms with Crippen LogP contribution in [0.1, 0.15) is 5.56 Å². The van der Waals surface area contributed by atoms with E-state index in [0.717, 1.165) is 15.7 Å². The molecule has 0 heterocycles. The van der Waals surface area contributed by atoms with Crippen molar-refractivity contribution in [3.63, 3.8) is 0 Å². The SMILES string of the molecule is Cc1ccc(Br)cc1NCO. The fourth-order valence-corrected chi connectivity index (χ4v) is 1.23. The van der Waals surface area contributed by atoms with E-state index >= 15 is 0 Å². The number of aryl methyl sites for hydroxylation is 1. The Kier molecular flexibility index (Phi) is 2.91. The van der Waals surface area contributed by atoms with Gasteiger partial charge in [-0.15, -0.1) is 0 Å². The van der Waals surface area contributed by atoms with E-state index in [1.165, 1.54) is 0 Å². The van der Waals surface area contributed by atoms with E-state index in [2.05, 4.69) is 21.2 Å². The Morgan fingerprint density at radius 3 is 2.91 bits per heavy atom. The highest BCUT2D eigenvalue weighted by atomic mass is 79.9. The molecular formula is C8H10BrNO. The van der Waals surface area contributed by atoms with Gasteiger partial charge in [0.2, 0.25) is 0 Å². The first-order chi connectivity index (χ1) is 5.24. The molecule has 3 heteroatoms. The van der Waals surface area contributed by atoms with E-state index in [9.17, 15) is 0 Å². The highest BCUT2D eigenvalue weighted by Crippen LogP contribution is 2.19. The van der Waals surface area contributed by atoms with E-state index in [4.69, 9.17) is 5.11 Å². The highest BCUT2D eigenvalue weighted by molar-refractivity contribution is 9.10. The minimum atomic E-state index is -0.0305. The maximum Gasteiger partial charge on any atom is 0.113 e. The lowest BCUT2D eigenvalue weighted by Gasteiger charge is -2.06. The summed E-state index contributed by atoms with van der Waals surface area (Å²) in [6.07, 6.45) is 0. The number of aliphatic hydroxyl groups is 1. The number of hydrogen-bond donors (Lipinski definition) is 2. The van der Waals surface area contributed by atoms with Crippen molar-refractivity contribution in [1.82, 2.24) is 0 Å². The van der Waals surface area contributed by atoms with Crippen molar-refractivity contribution in [2.45, 2.75) is 6.92 Å². The van der Waals surface area contributed by atoms with Gasteiger partial charge < -0.3 is 10.4 Å². The number of benzene rings is 1.